The summed E-state index contributed by atoms with van der Waals surface area (Å²) in [4.78, 5) is 35.4. The van der Waals surface area contributed by atoms with E-state index in [1.165, 1.54) is 10.9 Å². The Balaban J connectivity index is 1.64. The van der Waals surface area contributed by atoms with Gasteiger partial charge >= 0.3 is 5.97 Å². The molecule has 0 aliphatic rings. The van der Waals surface area contributed by atoms with Crippen LogP contribution >= 0.6 is 0 Å². The van der Waals surface area contributed by atoms with Gasteiger partial charge in [-0.1, -0.05) is 0 Å². The normalized spacial score (nSPS) is 11.1. The van der Waals surface area contributed by atoms with E-state index in [-0.39, 0.29) is 37.4 Å². The van der Waals surface area contributed by atoms with Crippen molar-refractivity contribution in [2.24, 2.45) is 5.41 Å². The summed E-state index contributed by atoms with van der Waals surface area (Å²) in [6, 6.07) is 3.53. The van der Waals surface area contributed by atoms with Crippen molar-refractivity contribution < 1.29 is 23.5 Å². The van der Waals surface area contributed by atoms with Crippen LogP contribution in [0.25, 0.3) is 0 Å². The number of hydrogen-bond acceptors (Lipinski definition) is 6. The van der Waals surface area contributed by atoms with Gasteiger partial charge in [-0.25, -0.2) is 4.68 Å². The largest absolute Gasteiger partial charge is 0.467 e. The second-order valence-corrected chi connectivity index (χ2v) is 7.34. The van der Waals surface area contributed by atoms with Gasteiger partial charge in [0.1, 0.15) is 5.76 Å². The van der Waals surface area contributed by atoms with Crippen molar-refractivity contribution in [1.82, 2.24) is 15.1 Å². The smallest absolute Gasteiger partial charge is 0.313 e. The van der Waals surface area contributed by atoms with Gasteiger partial charge in [0.15, 0.2) is 6.73 Å². The maximum Gasteiger partial charge on any atom is 0.313 e. The van der Waals surface area contributed by atoms with E-state index in [2.05, 4.69) is 15.7 Å². The van der Waals surface area contributed by atoms with Crippen LogP contribution in [0, 0.1) is 5.41 Å². The van der Waals surface area contributed by atoms with Crippen molar-refractivity contribution in [2.75, 3.05) is 5.32 Å². The van der Waals surface area contributed by atoms with Crippen LogP contribution in [0.1, 0.15) is 45.8 Å². The predicted octanol–water partition coefficient (Wildman–Crippen LogP) is 2.45. The Morgan fingerprint density at radius 2 is 1.96 bits per heavy atom. The second kappa shape index (κ2) is 9.72. The summed E-state index contributed by atoms with van der Waals surface area (Å²) in [6.07, 6.45) is 5.47. The molecule has 28 heavy (non-hydrogen) atoms. The molecule has 0 saturated carbocycles. The highest BCUT2D eigenvalue weighted by molar-refractivity contribution is 5.90. The molecule has 2 aromatic heterocycles. The molecule has 0 unspecified atom stereocenters. The predicted molar refractivity (Wildman–Crippen MR) is 101 cm³/mol. The zero-order valence-corrected chi connectivity index (χ0v) is 16.4. The number of anilines is 1. The molecule has 2 N–H and O–H groups in total. The summed E-state index contributed by atoms with van der Waals surface area (Å²) in [7, 11) is 0. The quantitative estimate of drug-likeness (QED) is 0.636. The molecular formula is C19H26N4O5. The highest BCUT2D eigenvalue weighted by Crippen LogP contribution is 2.15. The molecule has 0 spiro atoms. The Kier molecular flexibility index (Phi) is 7.36. The molecule has 2 amide bonds. The third kappa shape index (κ3) is 7.26. The van der Waals surface area contributed by atoms with E-state index >= 15 is 0 Å². The Hall–Kier alpha value is -3.10. The van der Waals surface area contributed by atoms with Crippen molar-refractivity contribution in [3.8, 4) is 0 Å². The van der Waals surface area contributed by atoms with E-state index in [9.17, 15) is 14.4 Å². The zero-order valence-electron chi connectivity index (χ0n) is 16.4. The van der Waals surface area contributed by atoms with E-state index in [1.807, 2.05) is 0 Å². The maximum atomic E-state index is 12.0. The Morgan fingerprint density at radius 3 is 2.64 bits per heavy atom. The molecular weight excluding hydrogens is 364 g/mol. The molecule has 0 fully saturated rings. The molecule has 0 aliphatic heterocycles. The first-order valence-corrected chi connectivity index (χ1v) is 9.02. The summed E-state index contributed by atoms with van der Waals surface area (Å²) >= 11 is 0. The van der Waals surface area contributed by atoms with E-state index in [0.717, 1.165) is 0 Å². The average Bonchev–Trinajstić information content (AvgIpc) is 3.28. The number of furan rings is 1. The van der Waals surface area contributed by atoms with Gasteiger partial charge in [0.2, 0.25) is 11.8 Å². The topological polar surface area (TPSA) is 115 Å². The highest BCUT2D eigenvalue weighted by atomic mass is 16.5. The fourth-order valence-electron chi connectivity index (χ4n) is 2.16. The van der Waals surface area contributed by atoms with E-state index in [1.54, 1.807) is 45.4 Å². The lowest BCUT2D eigenvalue weighted by atomic mass is 9.98. The van der Waals surface area contributed by atoms with Crippen molar-refractivity contribution in [3.05, 3.63) is 36.5 Å². The molecule has 2 heterocycles. The first-order chi connectivity index (χ1) is 13.2. The number of nitrogens with one attached hydrogen (secondary N) is 2. The molecule has 2 aromatic rings. The maximum absolute atomic E-state index is 12.0. The Morgan fingerprint density at radius 1 is 1.21 bits per heavy atom. The van der Waals surface area contributed by atoms with Crippen molar-refractivity contribution in [3.63, 3.8) is 0 Å². The summed E-state index contributed by atoms with van der Waals surface area (Å²) in [5.41, 5.74) is -0.0897. The highest BCUT2D eigenvalue weighted by Gasteiger charge is 2.23. The van der Waals surface area contributed by atoms with Crippen LogP contribution in [-0.4, -0.2) is 27.6 Å². The molecule has 152 valence electrons. The molecule has 2 rings (SSSR count). The zero-order chi connectivity index (χ0) is 20.6. The second-order valence-electron chi connectivity index (χ2n) is 7.34. The van der Waals surface area contributed by atoms with Crippen LogP contribution in [0.5, 0.6) is 0 Å². The Labute approximate surface area is 163 Å². The van der Waals surface area contributed by atoms with Crippen LogP contribution in [0.15, 0.2) is 35.2 Å². The van der Waals surface area contributed by atoms with Crippen molar-refractivity contribution >= 4 is 23.5 Å². The van der Waals surface area contributed by atoms with Crippen LogP contribution in [0.2, 0.25) is 0 Å². The Bertz CT molecular complexity index is 790. The van der Waals surface area contributed by atoms with Gasteiger partial charge in [-0.15, -0.1) is 0 Å². The van der Waals surface area contributed by atoms with Gasteiger partial charge < -0.3 is 19.8 Å². The minimum atomic E-state index is -0.589. The minimum absolute atomic E-state index is 0.0260. The first-order valence-electron chi connectivity index (χ1n) is 9.02. The lowest BCUT2D eigenvalue weighted by Gasteiger charge is -2.16. The summed E-state index contributed by atoms with van der Waals surface area (Å²) in [5.74, 6) is -0.0158. The van der Waals surface area contributed by atoms with E-state index in [0.29, 0.717) is 24.4 Å². The number of amides is 2. The minimum Gasteiger partial charge on any atom is -0.467 e. The SMILES string of the molecule is CC(C)(C)C(=O)OCn1cc(NC(=O)CCCC(=O)NCc2ccco2)cn1. The lowest BCUT2D eigenvalue weighted by molar-refractivity contribution is -0.157. The number of nitrogens with zero attached hydrogens (tertiary/aromatic N) is 2. The molecule has 9 nitrogen and oxygen atoms in total. The van der Waals surface area contributed by atoms with Crippen LogP contribution in [0.4, 0.5) is 5.69 Å². The van der Waals surface area contributed by atoms with Crippen molar-refractivity contribution in [2.45, 2.75) is 53.3 Å². The van der Waals surface area contributed by atoms with Gasteiger partial charge in [0.25, 0.3) is 0 Å². The number of esters is 1. The molecule has 0 aromatic carbocycles. The molecule has 9 heteroatoms. The van der Waals surface area contributed by atoms with Gasteiger partial charge in [-0.2, -0.15) is 5.10 Å². The lowest BCUT2D eigenvalue weighted by Crippen LogP contribution is -2.24. The van der Waals surface area contributed by atoms with Crippen molar-refractivity contribution in [1.29, 1.82) is 0 Å². The standard InChI is InChI=1S/C19H26N4O5/c1-19(2,3)18(26)28-13-23-12-14(10-21-23)22-17(25)8-4-7-16(24)20-11-15-6-5-9-27-15/h5-6,9-10,12H,4,7-8,11,13H2,1-3H3,(H,20,24)(H,22,25). The molecule has 0 bridgehead atoms. The number of carbonyl (C=O) groups is 3. The summed E-state index contributed by atoms with van der Waals surface area (Å²) in [5, 5.41) is 9.46. The number of aromatic nitrogens is 2. The number of carbonyl (C=O) groups excluding carboxylic acids is 3. The summed E-state index contributed by atoms with van der Waals surface area (Å²) in [6.45, 7) is 5.60. The monoisotopic (exact) mass is 390 g/mol. The van der Waals surface area contributed by atoms with Gasteiger partial charge in [-0.05, 0) is 39.3 Å². The van der Waals surface area contributed by atoms with Gasteiger partial charge in [-0.3, -0.25) is 14.4 Å². The third-order valence-corrected chi connectivity index (χ3v) is 3.70. The van der Waals surface area contributed by atoms with Crippen LogP contribution in [0.3, 0.4) is 0 Å². The third-order valence-electron chi connectivity index (χ3n) is 3.70. The number of hydrogen-bond donors (Lipinski definition) is 2. The molecule has 0 atom stereocenters. The van der Waals surface area contributed by atoms with E-state index < -0.39 is 5.41 Å². The molecule has 0 saturated heterocycles. The fourth-order valence-corrected chi connectivity index (χ4v) is 2.16. The first kappa shape index (κ1) is 21.2. The molecule has 0 radical (unpaired) electrons. The van der Waals surface area contributed by atoms with Gasteiger partial charge in [0, 0.05) is 12.8 Å². The van der Waals surface area contributed by atoms with E-state index in [4.69, 9.17) is 9.15 Å². The van der Waals surface area contributed by atoms with Gasteiger partial charge in [0.05, 0.1) is 36.3 Å². The fraction of sp³-hybridized carbons (Fsp3) is 0.474. The van der Waals surface area contributed by atoms with Crippen LogP contribution < -0.4 is 10.6 Å². The number of ether oxygens (including phenoxy) is 1. The number of rotatable bonds is 9. The van der Waals surface area contributed by atoms with Crippen LogP contribution in [-0.2, 0) is 32.4 Å². The molecule has 0 aliphatic carbocycles. The average molecular weight is 390 g/mol. The summed E-state index contributed by atoms with van der Waals surface area (Å²) < 4.78 is 11.7.